The number of carbonyl (C=O) groups is 2. The van der Waals surface area contributed by atoms with Crippen molar-refractivity contribution in [3.05, 3.63) is 41.5 Å². The number of allylic oxidation sites excluding steroid dienone is 1. The maximum absolute atomic E-state index is 12.6. The molecule has 0 aromatic heterocycles. The molecule has 1 aliphatic carbocycles. The average Bonchev–Trinajstić information content (AvgIpc) is 2.77. The van der Waals surface area contributed by atoms with Gasteiger partial charge in [-0.25, -0.2) is 4.79 Å². The lowest BCUT2D eigenvalue weighted by Gasteiger charge is -2.29. The first-order valence-electron chi connectivity index (χ1n) is 8.05. The van der Waals surface area contributed by atoms with Crippen LogP contribution in [0.25, 0.3) is 6.08 Å². The third kappa shape index (κ3) is 3.18. The van der Waals surface area contributed by atoms with Gasteiger partial charge in [0.25, 0.3) is 5.91 Å². The van der Waals surface area contributed by atoms with Crippen molar-refractivity contribution >= 4 is 24.2 Å². The first kappa shape index (κ1) is 15.5. The molecule has 120 valence electrons. The SMILES string of the molecule is CC(/C=N\N1C(=O)NC2(CCCCC2)C1=O)=C\c1ccccc1. The Morgan fingerprint density at radius 1 is 1.17 bits per heavy atom. The van der Waals surface area contributed by atoms with Crippen LogP contribution in [-0.4, -0.2) is 28.7 Å². The number of urea groups is 1. The molecule has 2 aliphatic rings. The average molecular weight is 311 g/mol. The first-order chi connectivity index (χ1) is 11.1. The van der Waals surface area contributed by atoms with Crippen molar-refractivity contribution in [1.82, 2.24) is 10.3 Å². The van der Waals surface area contributed by atoms with E-state index >= 15 is 0 Å². The number of imide groups is 1. The molecule has 0 unspecified atom stereocenters. The summed E-state index contributed by atoms with van der Waals surface area (Å²) in [6, 6.07) is 9.43. The number of carbonyl (C=O) groups excluding carboxylic acids is 2. The molecule has 1 aromatic rings. The zero-order valence-corrected chi connectivity index (χ0v) is 13.3. The number of hydrogen-bond donors (Lipinski definition) is 1. The Balaban J connectivity index is 1.73. The zero-order valence-electron chi connectivity index (χ0n) is 13.3. The second-order valence-corrected chi connectivity index (χ2v) is 6.23. The van der Waals surface area contributed by atoms with Crippen molar-refractivity contribution < 1.29 is 9.59 Å². The molecule has 1 heterocycles. The van der Waals surface area contributed by atoms with Gasteiger partial charge in [-0.2, -0.15) is 5.10 Å². The van der Waals surface area contributed by atoms with Gasteiger partial charge in [0, 0.05) is 0 Å². The topological polar surface area (TPSA) is 61.8 Å². The predicted octanol–water partition coefficient (Wildman–Crippen LogP) is 3.33. The zero-order chi connectivity index (χ0) is 16.3. The first-order valence-corrected chi connectivity index (χ1v) is 8.05. The van der Waals surface area contributed by atoms with E-state index in [4.69, 9.17) is 0 Å². The van der Waals surface area contributed by atoms with Crippen LogP contribution in [0.3, 0.4) is 0 Å². The van der Waals surface area contributed by atoms with Gasteiger partial charge in [-0.05, 0) is 30.9 Å². The smallest absolute Gasteiger partial charge is 0.321 e. The van der Waals surface area contributed by atoms with Crippen LogP contribution in [0.2, 0.25) is 0 Å². The third-order valence-corrected chi connectivity index (χ3v) is 4.42. The molecule has 2 fully saturated rings. The van der Waals surface area contributed by atoms with Crippen LogP contribution in [-0.2, 0) is 4.79 Å². The van der Waals surface area contributed by atoms with Crippen molar-refractivity contribution in [2.24, 2.45) is 5.10 Å². The monoisotopic (exact) mass is 311 g/mol. The number of benzene rings is 1. The van der Waals surface area contributed by atoms with Crippen LogP contribution in [0.15, 0.2) is 41.0 Å². The molecule has 0 atom stereocenters. The van der Waals surface area contributed by atoms with Gasteiger partial charge in [-0.1, -0.05) is 55.7 Å². The van der Waals surface area contributed by atoms with Gasteiger partial charge in [0.1, 0.15) is 5.54 Å². The molecule has 1 aromatic carbocycles. The van der Waals surface area contributed by atoms with Gasteiger partial charge in [-0.15, -0.1) is 5.01 Å². The number of rotatable bonds is 3. The largest absolute Gasteiger partial charge is 0.346 e. The van der Waals surface area contributed by atoms with Crippen LogP contribution in [0.4, 0.5) is 4.79 Å². The molecular weight excluding hydrogens is 290 g/mol. The molecule has 5 nitrogen and oxygen atoms in total. The standard InChI is InChI=1S/C18H21N3O2/c1-14(12-15-8-4-2-5-9-15)13-19-21-16(22)18(20-17(21)23)10-6-3-7-11-18/h2,4-5,8-9,12-13H,3,6-7,10-11H2,1H3,(H,20,23)/b14-12+,19-13-. The molecule has 0 bridgehead atoms. The quantitative estimate of drug-likeness (QED) is 0.687. The lowest BCUT2D eigenvalue weighted by Crippen LogP contribution is -2.48. The molecule has 3 amide bonds. The van der Waals surface area contributed by atoms with E-state index in [1.807, 2.05) is 43.3 Å². The minimum absolute atomic E-state index is 0.217. The molecule has 5 heteroatoms. The van der Waals surface area contributed by atoms with E-state index < -0.39 is 11.6 Å². The summed E-state index contributed by atoms with van der Waals surface area (Å²) in [6.45, 7) is 1.89. The molecule has 1 spiro atoms. The summed E-state index contributed by atoms with van der Waals surface area (Å²) in [7, 11) is 0. The van der Waals surface area contributed by atoms with Crippen LogP contribution >= 0.6 is 0 Å². The summed E-state index contributed by atoms with van der Waals surface area (Å²) in [6.07, 6.45) is 8.00. The summed E-state index contributed by atoms with van der Waals surface area (Å²) >= 11 is 0. The summed E-state index contributed by atoms with van der Waals surface area (Å²) < 4.78 is 0. The molecule has 23 heavy (non-hydrogen) atoms. The van der Waals surface area contributed by atoms with Gasteiger partial charge in [0.2, 0.25) is 0 Å². The van der Waals surface area contributed by atoms with E-state index in [9.17, 15) is 9.59 Å². The summed E-state index contributed by atoms with van der Waals surface area (Å²) in [5, 5.41) is 7.94. The Labute approximate surface area is 136 Å². The fraction of sp³-hybridized carbons (Fsp3) is 0.389. The highest BCUT2D eigenvalue weighted by Crippen LogP contribution is 2.33. The normalized spacial score (nSPS) is 21.3. The Morgan fingerprint density at radius 3 is 2.57 bits per heavy atom. The maximum atomic E-state index is 12.6. The van der Waals surface area contributed by atoms with E-state index in [1.54, 1.807) is 6.21 Å². The number of hydrazone groups is 1. The van der Waals surface area contributed by atoms with Crippen molar-refractivity contribution in [2.75, 3.05) is 0 Å². The predicted molar refractivity (Wildman–Crippen MR) is 89.8 cm³/mol. The lowest BCUT2D eigenvalue weighted by atomic mass is 9.82. The fourth-order valence-electron chi connectivity index (χ4n) is 3.20. The summed E-state index contributed by atoms with van der Waals surface area (Å²) in [5.74, 6) is -0.217. The van der Waals surface area contributed by atoms with E-state index in [2.05, 4.69) is 10.4 Å². The highest BCUT2D eigenvalue weighted by molar-refractivity contribution is 6.07. The lowest BCUT2D eigenvalue weighted by molar-refractivity contribution is -0.132. The number of hydrogen-bond acceptors (Lipinski definition) is 3. The van der Waals surface area contributed by atoms with Crippen LogP contribution < -0.4 is 5.32 Å². The van der Waals surface area contributed by atoms with Gasteiger partial charge < -0.3 is 5.32 Å². The second-order valence-electron chi connectivity index (χ2n) is 6.23. The van der Waals surface area contributed by atoms with Gasteiger partial charge in [-0.3, -0.25) is 4.79 Å². The van der Waals surface area contributed by atoms with Crippen molar-refractivity contribution in [1.29, 1.82) is 0 Å². The molecule has 3 rings (SSSR count). The highest BCUT2D eigenvalue weighted by Gasteiger charge is 2.51. The van der Waals surface area contributed by atoms with E-state index in [1.165, 1.54) is 0 Å². The molecule has 0 radical (unpaired) electrons. The van der Waals surface area contributed by atoms with Crippen molar-refractivity contribution in [2.45, 2.75) is 44.6 Å². The van der Waals surface area contributed by atoms with Crippen molar-refractivity contribution in [3.63, 3.8) is 0 Å². The molecule has 1 saturated heterocycles. The summed E-state index contributed by atoms with van der Waals surface area (Å²) in [5.41, 5.74) is 1.21. The van der Waals surface area contributed by atoms with Crippen LogP contribution in [0.5, 0.6) is 0 Å². The van der Waals surface area contributed by atoms with Gasteiger partial charge >= 0.3 is 6.03 Å². The van der Waals surface area contributed by atoms with Crippen molar-refractivity contribution in [3.8, 4) is 0 Å². The van der Waals surface area contributed by atoms with Crippen LogP contribution in [0, 0.1) is 0 Å². The highest BCUT2D eigenvalue weighted by atomic mass is 16.2. The molecular formula is C18H21N3O2. The van der Waals surface area contributed by atoms with Gasteiger partial charge in [0.15, 0.2) is 0 Å². The molecule has 1 N–H and O–H groups in total. The minimum Gasteiger partial charge on any atom is -0.321 e. The molecule has 1 saturated carbocycles. The van der Waals surface area contributed by atoms with E-state index in [0.29, 0.717) is 12.8 Å². The maximum Gasteiger partial charge on any atom is 0.346 e. The Kier molecular flexibility index (Phi) is 4.28. The summed E-state index contributed by atoms with van der Waals surface area (Å²) in [4.78, 5) is 24.7. The van der Waals surface area contributed by atoms with E-state index in [-0.39, 0.29) is 5.91 Å². The fourth-order valence-corrected chi connectivity index (χ4v) is 3.20. The number of amides is 3. The number of nitrogens with one attached hydrogen (secondary N) is 1. The Bertz CT molecular complexity index is 658. The van der Waals surface area contributed by atoms with Gasteiger partial charge in [0.05, 0.1) is 6.21 Å². The third-order valence-electron chi connectivity index (χ3n) is 4.42. The number of nitrogens with zero attached hydrogens (tertiary/aromatic N) is 2. The second kappa shape index (κ2) is 6.36. The minimum atomic E-state index is -0.719. The Hall–Kier alpha value is -2.43. The molecule has 1 aliphatic heterocycles. The van der Waals surface area contributed by atoms with Crippen LogP contribution in [0.1, 0.15) is 44.6 Å². The Morgan fingerprint density at radius 2 is 1.87 bits per heavy atom. The van der Waals surface area contributed by atoms with E-state index in [0.717, 1.165) is 35.4 Å².